The van der Waals surface area contributed by atoms with E-state index in [1.54, 1.807) is 7.11 Å². The van der Waals surface area contributed by atoms with Gasteiger partial charge >= 0.3 is 5.97 Å². The van der Waals surface area contributed by atoms with E-state index in [0.29, 0.717) is 51.4 Å². The van der Waals surface area contributed by atoms with Crippen LogP contribution in [0.15, 0.2) is 103 Å². The van der Waals surface area contributed by atoms with Crippen molar-refractivity contribution in [3.05, 3.63) is 109 Å². The number of aliphatic hydroxyl groups is 1. The number of benzene rings is 5. The summed E-state index contributed by atoms with van der Waals surface area (Å²) in [5.74, 6) is 0.954. The molecule has 0 radical (unpaired) electrons. The summed E-state index contributed by atoms with van der Waals surface area (Å²) in [6.07, 6.45) is 3.84. The van der Waals surface area contributed by atoms with Gasteiger partial charge in [-0.25, -0.2) is 0 Å². The van der Waals surface area contributed by atoms with Crippen molar-refractivity contribution in [2.24, 2.45) is 0 Å². The Bertz CT molecular complexity index is 1710. The van der Waals surface area contributed by atoms with E-state index in [1.807, 2.05) is 79.7 Å². The zero-order valence-electron chi connectivity index (χ0n) is 26.9. The fourth-order valence-electron chi connectivity index (χ4n) is 5.81. The molecule has 6 heteroatoms. The van der Waals surface area contributed by atoms with Crippen LogP contribution in [0.4, 0.5) is 0 Å². The van der Waals surface area contributed by atoms with Crippen LogP contribution < -0.4 is 9.47 Å². The summed E-state index contributed by atoms with van der Waals surface area (Å²) in [5, 5.41) is 15.1. The zero-order chi connectivity index (χ0) is 32.2. The number of methoxy groups -OCH3 is 1. The van der Waals surface area contributed by atoms with Gasteiger partial charge in [0, 0.05) is 31.3 Å². The van der Waals surface area contributed by atoms with Crippen molar-refractivity contribution >= 4 is 27.5 Å². The van der Waals surface area contributed by atoms with Gasteiger partial charge in [-0.05, 0) is 78.3 Å². The molecule has 46 heavy (non-hydrogen) atoms. The van der Waals surface area contributed by atoms with Crippen LogP contribution in [0.25, 0.3) is 32.7 Å². The van der Waals surface area contributed by atoms with Crippen molar-refractivity contribution in [3.63, 3.8) is 0 Å². The third-order valence-corrected chi connectivity index (χ3v) is 8.32. The lowest BCUT2D eigenvalue weighted by Crippen LogP contribution is -2.21. The molecule has 240 valence electrons. The molecule has 0 aliphatic rings. The van der Waals surface area contributed by atoms with E-state index in [0.717, 1.165) is 56.8 Å². The normalized spacial score (nSPS) is 12.7. The minimum atomic E-state index is -0.946. The van der Waals surface area contributed by atoms with Crippen LogP contribution in [0, 0.1) is 0 Å². The van der Waals surface area contributed by atoms with Gasteiger partial charge in [-0.15, -0.1) is 0 Å². The molecule has 0 aliphatic heterocycles. The molecule has 0 spiro atoms. The minimum Gasteiger partial charge on any atom is -0.493 e. The maximum atomic E-state index is 13.3. The lowest BCUT2D eigenvalue weighted by molar-refractivity contribution is -0.134. The highest BCUT2D eigenvalue weighted by atomic mass is 16.5. The molecule has 5 aromatic rings. The van der Waals surface area contributed by atoms with E-state index in [1.165, 1.54) is 0 Å². The van der Waals surface area contributed by atoms with Gasteiger partial charge in [0.15, 0.2) is 0 Å². The third-order valence-electron chi connectivity index (χ3n) is 8.32. The van der Waals surface area contributed by atoms with Crippen molar-refractivity contribution in [3.8, 4) is 22.6 Å². The fraction of sp³-hybridized carbons (Fsp3) is 0.325. The lowest BCUT2D eigenvalue weighted by Gasteiger charge is -2.23. The van der Waals surface area contributed by atoms with Crippen LogP contribution in [-0.4, -0.2) is 44.6 Å². The quantitative estimate of drug-likeness (QED) is 0.0636. The molecule has 0 saturated carbocycles. The summed E-state index contributed by atoms with van der Waals surface area (Å²) in [6.45, 7) is 4.19. The summed E-state index contributed by atoms with van der Waals surface area (Å²) in [4.78, 5) is 13.3. The van der Waals surface area contributed by atoms with Gasteiger partial charge in [-0.3, -0.25) is 4.79 Å². The highest BCUT2D eigenvalue weighted by Gasteiger charge is 2.23. The number of ether oxygens (including phenoxy) is 4. The first-order valence-corrected chi connectivity index (χ1v) is 16.2. The Balaban J connectivity index is 1.36. The second-order valence-electron chi connectivity index (χ2n) is 11.8. The van der Waals surface area contributed by atoms with Gasteiger partial charge in [0.25, 0.3) is 0 Å². The molecular formula is C40H44O6. The predicted molar refractivity (Wildman–Crippen MR) is 184 cm³/mol. The number of esters is 1. The van der Waals surface area contributed by atoms with Gasteiger partial charge in [-0.2, -0.15) is 0 Å². The first-order valence-electron chi connectivity index (χ1n) is 16.2. The lowest BCUT2D eigenvalue weighted by atomic mass is 9.90. The van der Waals surface area contributed by atoms with Crippen LogP contribution in [0.3, 0.4) is 0 Å². The molecule has 0 unspecified atom stereocenters. The van der Waals surface area contributed by atoms with Crippen LogP contribution >= 0.6 is 0 Å². The molecule has 0 aromatic heterocycles. The van der Waals surface area contributed by atoms with Crippen molar-refractivity contribution in [2.45, 2.75) is 51.0 Å². The van der Waals surface area contributed by atoms with Crippen molar-refractivity contribution in [1.82, 2.24) is 0 Å². The molecule has 1 N–H and O–H groups in total. The number of carbonyl (C=O) groups is 1. The summed E-state index contributed by atoms with van der Waals surface area (Å²) in [7, 11) is 1.67. The first kappa shape index (κ1) is 33.1. The number of hydrogen-bond donors (Lipinski definition) is 1. The standard InChI is InChI=1S/C40H44O6/c1-40(42,32-16-4-3-5-17-32)25-11-10-20-37(41)46-36-24-22-31-15-7-9-19-34(31)39(36)38-33-18-8-6-14-30(33)21-23-35(38)45-27-13-12-26-44-29-28-43-2/h3-9,14-19,21-24,42H,10-13,20,25-29H2,1-2H3/t40-/m0/s1. The maximum Gasteiger partial charge on any atom is 0.311 e. The topological polar surface area (TPSA) is 74.2 Å². The Hall–Kier alpha value is -4.23. The maximum absolute atomic E-state index is 13.3. The Kier molecular flexibility index (Phi) is 11.8. The second-order valence-corrected chi connectivity index (χ2v) is 11.8. The SMILES string of the molecule is COCCOCCCCOc1ccc2ccccc2c1-c1c(OC(=O)CCCC[C@](C)(O)c2ccccc2)ccc2ccccc12. The van der Waals surface area contributed by atoms with E-state index >= 15 is 0 Å². The zero-order valence-corrected chi connectivity index (χ0v) is 26.9. The molecule has 0 saturated heterocycles. The Labute approximate surface area is 271 Å². The van der Waals surface area contributed by atoms with Crippen LogP contribution in [0.2, 0.25) is 0 Å². The Morgan fingerprint density at radius 1 is 0.652 bits per heavy atom. The highest BCUT2D eigenvalue weighted by molar-refractivity contribution is 6.10. The van der Waals surface area contributed by atoms with E-state index in [9.17, 15) is 9.90 Å². The molecular weight excluding hydrogens is 576 g/mol. The predicted octanol–water partition coefficient (Wildman–Crippen LogP) is 8.86. The number of fused-ring (bicyclic) bond motifs is 2. The highest BCUT2D eigenvalue weighted by Crippen LogP contribution is 2.45. The average Bonchev–Trinajstić information content (AvgIpc) is 3.08. The Morgan fingerprint density at radius 3 is 1.96 bits per heavy atom. The summed E-state index contributed by atoms with van der Waals surface area (Å²) in [5.41, 5.74) is 1.68. The second kappa shape index (κ2) is 16.4. The fourth-order valence-corrected chi connectivity index (χ4v) is 5.81. The molecule has 0 fully saturated rings. The van der Waals surface area contributed by atoms with Gasteiger partial charge in [-0.1, -0.05) is 91.0 Å². The molecule has 6 nitrogen and oxygen atoms in total. The monoisotopic (exact) mass is 620 g/mol. The third kappa shape index (κ3) is 8.52. The molecule has 0 bridgehead atoms. The van der Waals surface area contributed by atoms with Crippen molar-refractivity contribution in [2.75, 3.05) is 33.5 Å². The number of carbonyl (C=O) groups excluding carboxylic acids is 1. The van der Waals surface area contributed by atoms with E-state index in [-0.39, 0.29) is 12.4 Å². The van der Waals surface area contributed by atoms with E-state index in [4.69, 9.17) is 18.9 Å². The Morgan fingerprint density at radius 2 is 1.26 bits per heavy atom. The van der Waals surface area contributed by atoms with Gasteiger partial charge in [0.1, 0.15) is 11.5 Å². The molecule has 0 aliphatic carbocycles. The molecule has 0 heterocycles. The summed E-state index contributed by atoms with van der Waals surface area (Å²) in [6, 6.07) is 34.0. The molecule has 1 atom stereocenters. The van der Waals surface area contributed by atoms with Crippen LogP contribution in [0.5, 0.6) is 11.5 Å². The minimum absolute atomic E-state index is 0.252. The molecule has 5 rings (SSSR count). The molecule has 5 aromatic carbocycles. The van der Waals surface area contributed by atoms with E-state index in [2.05, 4.69) is 30.3 Å². The average molecular weight is 621 g/mol. The first-order chi connectivity index (χ1) is 22.5. The van der Waals surface area contributed by atoms with Gasteiger partial charge in [0.05, 0.1) is 25.4 Å². The van der Waals surface area contributed by atoms with Gasteiger partial charge < -0.3 is 24.1 Å². The summed E-state index contributed by atoms with van der Waals surface area (Å²) >= 11 is 0. The van der Waals surface area contributed by atoms with Crippen LogP contribution in [-0.2, 0) is 19.9 Å². The smallest absolute Gasteiger partial charge is 0.311 e. The van der Waals surface area contributed by atoms with Crippen molar-refractivity contribution in [1.29, 1.82) is 0 Å². The van der Waals surface area contributed by atoms with E-state index < -0.39 is 5.60 Å². The number of unbranched alkanes of at least 4 members (excludes halogenated alkanes) is 2. The van der Waals surface area contributed by atoms with Crippen molar-refractivity contribution < 1.29 is 28.8 Å². The summed E-state index contributed by atoms with van der Waals surface area (Å²) < 4.78 is 23.2. The van der Waals surface area contributed by atoms with Crippen LogP contribution in [0.1, 0.15) is 51.0 Å². The number of hydrogen-bond acceptors (Lipinski definition) is 6. The largest absolute Gasteiger partial charge is 0.493 e. The molecule has 0 amide bonds. The van der Waals surface area contributed by atoms with Gasteiger partial charge in [0.2, 0.25) is 0 Å². The number of rotatable bonds is 17.